The van der Waals surface area contributed by atoms with Crippen molar-refractivity contribution in [1.29, 1.82) is 0 Å². The summed E-state index contributed by atoms with van der Waals surface area (Å²) in [5.41, 5.74) is 1.57. The fourth-order valence-corrected chi connectivity index (χ4v) is 3.62. The van der Waals surface area contributed by atoms with Gasteiger partial charge in [-0.3, -0.25) is 0 Å². The van der Waals surface area contributed by atoms with Gasteiger partial charge in [-0.2, -0.15) is 0 Å². The second-order valence-electron chi connectivity index (χ2n) is 5.61. The number of hydrogen-bond acceptors (Lipinski definition) is 1. The molecule has 0 amide bonds. The van der Waals surface area contributed by atoms with Crippen LogP contribution in [0.15, 0.2) is 24.3 Å². The van der Waals surface area contributed by atoms with E-state index in [9.17, 15) is 0 Å². The van der Waals surface area contributed by atoms with Crippen LogP contribution in [0.4, 0.5) is 0 Å². The van der Waals surface area contributed by atoms with E-state index in [-0.39, 0.29) is 5.60 Å². The second-order valence-corrected chi connectivity index (χ2v) is 5.61. The molecule has 0 radical (unpaired) electrons. The molecule has 0 spiro atoms. The van der Waals surface area contributed by atoms with E-state index >= 15 is 0 Å². The monoisotopic (exact) mass is 250 g/mol. The number of methoxy groups -OCH3 is 1. The molecule has 3 unspecified atom stereocenters. The molecule has 96 valence electrons. The lowest BCUT2D eigenvalue weighted by Crippen LogP contribution is -2.35. The van der Waals surface area contributed by atoms with Crippen molar-refractivity contribution in [2.75, 3.05) is 7.11 Å². The third-order valence-electron chi connectivity index (χ3n) is 4.65. The Kier molecular flexibility index (Phi) is 3.09. The van der Waals surface area contributed by atoms with Gasteiger partial charge in [0.15, 0.2) is 0 Å². The number of hydrogen-bond donors (Lipinski definition) is 0. The minimum Gasteiger partial charge on any atom is -0.365 e. The summed E-state index contributed by atoms with van der Waals surface area (Å²) in [5, 5.41) is 0. The van der Waals surface area contributed by atoms with Crippen LogP contribution in [-0.4, -0.2) is 12.7 Å². The van der Waals surface area contributed by atoms with Gasteiger partial charge in [-0.15, -0.1) is 6.42 Å². The van der Waals surface area contributed by atoms with Crippen molar-refractivity contribution >= 4 is 0 Å². The number of terminal acetylenes is 1. The van der Waals surface area contributed by atoms with Crippen molar-refractivity contribution in [2.45, 2.75) is 31.3 Å². The van der Waals surface area contributed by atoms with E-state index < -0.39 is 0 Å². The SMILES string of the molecule is C#Cc1ccccc1C#CC1(OC)CC2CCC1C2. The van der Waals surface area contributed by atoms with Crippen LogP contribution in [0.1, 0.15) is 36.8 Å². The van der Waals surface area contributed by atoms with Crippen molar-refractivity contribution < 1.29 is 4.74 Å². The molecule has 2 aliphatic carbocycles. The van der Waals surface area contributed by atoms with Crippen molar-refractivity contribution in [1.82, 2.24) is 0 Å². The molecule has 0 aliphatic heterocycles. The summed E-state index contributed by atoms with van der Waals surface area (Å²) in [6.07, 6.45) is 10.5. The minimum absolute atomic E-state index is 0.232. The molecule has 1 nitrogen and oxygen atoms in total. The molecule has 19 heavy (non-hydrogen) atoms. The van der Waals surface area contributed by atoms with Gasteiger partial charge >= 0.3 is 0 Å². The topological polar surface area (TPSA) is 9.23 Å². The molecule has 2 aliphatic rings. The maximum Gasteiger partial charge on any atom is 0.131 e. The normalized spacial score (nSPS) is 31.6. The quantitative estimate of drug-likeness (QED) is 0.695. The standard InChI is InChI=1S/C18H18O/c1-3-15-6-4-5-7-16(15)10-11-18(19-2)13-14-8-9-17(18)12-14/h1,4-7,14,17H,8-9,12-13H2,2H3. The van der Waals surface area contributed by atoms with Gasteiger partial charge in [0.25, 0.3) is 0 Å². The average molecular weight is 250 g/mol. The van der Waals surface area contributed by atoms with Gasteiger partial charge < -0.3 is 4.74 Å². The van der Waals surface area contributed by atoms with E-state index in [0.717, 1.165) is 23.5 Å². The molecular formula is C18H18O. The molecular weight excluding hydrogens is 232 g/mol. The van der Waals surface area contributed by atoms with Crippen molar-refractivity contribution in [2.24, 2.45) is 11.8 Å². The summed E-state index contributed by atoms with van der Waals surface area (Å²) in [4.78, 5) is 0. The molecule has 2 fully saturated rings. The van der Waals surface area contributed by atoms with Gasteiger partial charge in [-0.1, -0.05) is 29.9 Å². The Hall–Kier alpha value is -1.70. The number of benzene rings is 1. The smallest absolute Gasteiger partial charge is 0.131 e. The number of ether oxygens (including phenoxy) is 1. The summed E-state index contributed by atoms with van der Waals surface area (Å²) in [6.45, 7) is 0. The van der Waals surface area contributed by atoms with Crippen molar-refractivity contribution in [3.8, 4) is 24.2 Å². The lowest BCUT2D eigenvalue weighted by molar-refractivity contribution is -0.00421. The lowest BCUT2D eigenvalue weighted by Gasteiger charge is -2.31. The van der Waals surface area contributed by atoms with Crippen molar-refractivity contribution in [3.63, 3.8) is 0 Å². The van der Waals surface area contributed by atoms with Crippen LogP contribution in [0, 0.1) is 36.0 Å². The summed E-state index contributed by atoms with van der Waals surface area (Å²) in [5.74, 6) is 10.8. The second kappa shape index (κ2) is 4.76. The van der Waals surface area contributed by atoms with Gasteiger partial charge in [-0.25, -0.2) is 0 Å². The zero-order valence-corrected chi connectivity index (χ0v) is 11.3. The van der Waals surface area contributed by atoms with E-state index in [1.54, 1.807) is 7.11 Å². The first-order chi connectivity index (χ1) is 9.27. The predicted octanol–water partition coefficient (Wildman–Crippen LogP) is 3.22. The van der Waals surface area contributed by atoms with Gasteiger partial charge in [-0.05, 0) is 49.7 Å². The molecule has 2 bridgehead atoms. The van der Waals surface area contributed by atoms with Crippen LogP contribution in [0.2, 0.25) is 0 Å². The molecule has 0 saturated heterocycles. The van der Waals surface area contributed by atoms with Crippen LogP contribution in [0.3, 0.4) is 0 Å². The molecule has 1 heteroatoms. The van der Waals surface area contributed by atoms with Gasteiger partial charge in [0, 0.05) is 18.2 Å². The first-order valence-electron chi connectivity index (χ1n) is 6.91. The fourth-order valence-electron chi connectivity index (χ4n) is 3.62. The minimum atomic E-state index is -0.232. The third-order valence-corrected chi connectivity index (χ3v) is 4.65. The number of rotatable bonds is 1. The van der Waals surface area contributed by atoms with Crippen molar-refractivity contribution in [3.05, 3.63) is 35.4 Å². The highest BCUT2D eigenvalue weighted by Crippen LogP contribution is 2.52. The number of fused-ring (bicyclic) bond motifs is 2. The van der Waals surface area contributed by atoms with Gasteiger partial charge in [0.05, 0.1) is 0 Å². The van der Waals surface area contributed by atoms with Crippen LogP contribution >= 0.6 is 0 Å². The first-order valence-corrected chi connectivity index (χ1v) is 6.91. The first kappa shape index (κ1) is 12.3. The third kappa shape index (κ3) is 2.05. The average Bonchev–Trinajstić information content (AvgIpc) is 3.06. The van der Waals surface area contributed by atoms with E-state index in [2.05, 4.69) is 17.8 Å². The Morgan fingerprint density at radius 3 is 2.63 bits per heavy atom. The molecule has 0 N–H and O–H groups in total. The zero-order chi connectivity index (χ0) is 13.3. The van der Waals surface area contributed by atoms with E-state index in [0.29, 0.717) is 5.92 Å². The van der Waals surface area contributed by atoms with E-state index in [1.807, 2.05) is 24.3 Å². The highest BCUT2D eigenvalue weighted by Gasteiger charge is 2.50. The van der Waals surface area contributed by atoms with Crippen LogP contribution in [0.5, 0.6) is 0 Å². The maximum absolute atomic E-state index is 5.80. The summed E-state index contributed by atoms with van der Waals surface area (Å²) >= 11 is 0. The molecule has 3 rings (SSSR count). The highest BCUT2D eigenvalue weighted by atomic mass is 16.5. The Morgan fingerprint density at radius 1 is 1.26 bits per heavy atom. The van der Waals surface area contributed by atoms with E-state index in [4.69, 9.17) is 11.2 Å². The van der Waals surface area contributed by atoms with Crippen LogP contribution < -0.4 is 0 Å². The van der Waals surface area contributed by atoms with Crippen LogP contribution in [-0.2, 0) is 4.74 Å². The molecule has 1 aromatic carbocycles. The predicted molar refractivity (Wildman–Crippen MR) is 76.4 cm³/mol. The molecule has 2 saturated carbocycles. The molecule has 0 aromatic heterocycles. The zero-order valence-electron chi connectivity index (χ0n) is 11.3. The lowest BCUT2D eigenvalue weighted by atomic mass is 9.84. The Balaban J connectivity index is 1.93. The Morgan fingerprint density at radius 2 is 2.05 bits per heavy atom. The fraction of sp³-hybridized carbons (Fsp3) is 0.444. The van der Waals surface area contributed by atoms with E-state index in [1.165, 1.54) is 19.3 Å². The van der Waals surface area contributed by atoms with Crippen LogP contribution in [0.25, 0.3) is 0 Å². The molecule has 3 atom stereocenters. The van der Waals surface area contributed by atoms with Gasteiger partial charge in [0.2, 0.25) is 0 Å². The maximum atomic E-state index is 5.80. The molecule has 0 heterocycles. The summed E-state index contributed by atoms with van der Waals surface area (Å²) < 4.78 is 5.80. The Labute approximate surface area is 115 Å². The largest absolute Gasteiger partial charge is 0.365 e. The Bertz CT molecular complexity index is 584. The summed E-state index contributed by atoms with van der Waals surface area (Å²) in [6, 6.07) is 7.85. The highest BCUT2D eigenvalue weighted by molar-refractivity contribution is 5.50. The summed E-state index contributed by atoms with van der Waals surface area (Å²) in [7, 11) is 1.79. The van der Waals surface area contributed by atoms with Gasteiger partial charge in [0.1, 0.15) is 5.60 Å². The molecule has 1 aromatic rings.